The van der Waals surface area contributed by atoms with Gasteiger partial charge in [-0.05, 0) is 24.6 Å². The van der Waals surface area contributed by atoms with Gasteiger partial charge in [-0.15, -0.1) is 0 Å². The highest BCUT2D eigenvalue weighted by Gasteiger charge is 2.14. The van der Waals surface area contributed by atoms with Gasteiger partial charge in [0, 0.05) is 38.2 Å². The number of amides is 2. The zero-order valence-corrected chi connectivity index (χ0v) is 14.3. The van der Waals surface area contributed by atoms with E-state index < -0.39 is 17.5 Å². The topological polar surface area (TPSA) is 49.4 Å². The number of nitrogens with zero attached hydrogens (tertiary/aromatic N) is 1. The average Bonchev–Trinajstić information content (AvgIpc) is 2.60. The first-order valence-corrected chi connectivity index (χ1v) is 8.09. The summed E-state index contributed by atoms with van der Waals surface area (Å²) in [5.74, 6) is -2.95. The third-order valence-corrected chi connectivity index (χ3v) is 3.82. The number of nitrogens with one attached hydrogen (secondary N) is 1. The summed E-state index contributed by atoms with van der Waals surface area (Å²) in [7, 11) is 1.57. The first kappa shape index (κ1) is 19.5. The van der Waals surface area contributed by atoms with Gasteiger partial charge in [-0.3, -0.25) is 9.59 Å². The van der Waals surface area contributed by atoms with Crippen LogP contribution in [-0.2, 0) is 11.3 Å². The molecule has 7 heteroatoms. The van der Waals surface area contributed by atoms with Crippen molar-refractivity contribution in [1.29, 1.82) is 0 Å². The van der Waals surface area contributed by atoms with Crippen molar-refractivity contribution in [3.05, 3.63) is 71.0 Å². The van der Waals surface area contributed by atoms with Gasteiger partial charge in [-0.25, -0.2) is 13.2 Å². The van der Waals surface area contributed by atoms with E-state index in [0.29, 0.717) is 18.1 Å². The highest BCUT2D eigenvalue weighted by atomic mass is 19.1. The molecule has 0 aliphatic carbocycles. The Morgan fingerprint density at radius 1 is 1.04 bits per heavy atom. The van der Waals surface area contributed by atoms with E-state index in [1.807, 2.05) is 0 Å². The first-order chi connectivity index (χ1) is 12.4. The molecule has 0 fully saturated rings. The number of carbonyl (C=O) groups is 2. The largest absolute Gasteiger partial charge is 0.352 e. The predicted octanol–water partition coefficient (Wildman–Crippen LogP) is 3.27. The first-order valence-electron chi connectivity index (χ1n) is 8.09. The normalized spacial score (nSPS) is 10.5. The van der Waals surface area contributed by atoms with Crippen molar-refractivity contribution in [1.82, 2.24) is 10.2 Å². The van der Waals surface area contributed by atoms with E-state index >= 15 is 0 Å². The molecule has 0 radical (unpaired) electrons. The van der Waals surface area contributed by atoms with Crippen LogP contribution in [0.2, 0.25) is 0 Å². The second kappa shape index (κ2) is 9.03. The Morgan fingerprint density at radius 3 is 2.46 bits per heavy atom. The Balaban J connectivity index is 1.76. The molecule has 0 aliphatic rings. The summed E-state index contributed by atoms with van der Waals surface area (Å²) in [6, 6.07) is 8.91. The van der Waals surface area contributed by atoms with E-state index in [2.05, 4.69) is 5.32 Å². The summed E-state index contributed by atoms with van der Waals surface area (Å²) in [5, 5.41) is 2.48. The SMILES string of the molecule is CN(Cc1ccccc1F)C(=O)CCCNC(=O)c1ccc(F)cc1F. The quantitative estimate of drug-likeness (QED) is 0.767. The van der Waals surface area contributed by atoms with Crippen molar-refractivity contribution < 1.29 is 22.8 Å². The lowest BCUT2D eigenvalue weighted by Crippen LogP contribution is -2.29. The van der Waals surface area contributed by atoms with Crippen molar-refractivity contribution in [3.8, 4) is 0 Å². The van der Waals surface area contributed by atoms with Gasteiger partial charge in [0.1, 0.15) is 17.5 Å². The number of hydrogen-bond donors (Lipinski definition) is 1. The molecule has 4 nitrogen and oxygen atoms in total. The highest BCUT2D eigenvalue weighted by molar-refractivity contribution is 5.94. The summed E-state index contributed by atoms with van der Waals surface area (Å²) < 4.78 is 39.9. The lowest BCUT2D eigenvalue weighted by molar-refractivity contribution is -0.130. The van der Waals surface area contributed by atoms with E-state index in [1.54, 1.807) is 25.2 Å². The van der Waals surface area contributed by atoms with E-state index in [0.717, 1.165) is 12.1 Å². The fourth-order valence-corrected chi connectivity index (χ4v) is 2.37. The van der Waals surface area contributed by atoms with Crippen molar-refractivity contribution in [2.45, 2.75) is 19.4 Å². The van der Waals surface area contributed by atoms with Gasteiger partial charge in [0.2, 0.25) is 5.91 Å². The molecule has 0 saturated carbocycles. The molecule has 0 aliphatic heterocycles. The second-order valence-electron chi connectivity index (χ2n) is 5.82. The Bertz CT molecular complexity index is 796. The Hall–Kier alpha value is -2.83. The number of benzene rings is 2. The summed E-state index contributed by atoms with van der Waals surface area (Å²) in [5.41, 5.74) is 0.165. The Morgan fingerprint density at radius 2 is 1.77 bits per heavy atom. The molecule has 0 heterocycles. The van der Waals surface area contributed by atoms with Gasteiger partial charge in [-0.2, -0.15) is 0 Å². The summed E-state index contributed by atoms with van der Waals surface area (Å²) in [4.78, 5) is 25.3. The summed E-state index contributed by atoms with van der Waals surface area (Å²) in [6.07, 6.45) is 0.492. The molecule has 26 heavy (non-hydrogen) atoms. The molecule has 138 valence electrons. The molecule has 2 amide bonds. The molecule has 2 aromatic rings. The minimum Gasteiger partial charge on any atom is -0.352 e. The lowest BCUT2D eigenvalue weighted by atomic mass is 10.2. The molecule has 0 atom stereocenters. The van der Waals surface area contributed by atoms with Crippen LogP contribution in [0.15, 0.2) is 42.5 Å². The summed E-state index contributed by atoms with van der Waals surface area (Å²) >= 11 is 0. The van der Waals surface area contributed by atoms with Crippen LogP contribution in [0.4, 0.5) is 13.2 Å². The second-order valence-corrected chi connectivity index (χ2v) is 5.82. The number of carbonyl (C=O) groups excluding carboxylic acids is 2. The predicted molar refractivity (Wildman–Crippen MR) is 90.8 cm³/mol. The van der Waals surface area contributed by atoms with Crippen molar-refractivity contribution >= 4 is 11.8 Å². The van der Waals surface area contributed by atoms with Crippen LogP contribution < -0.4 is 5.32 Å². The molecule has 1 N–H and O–H groups in total. The van der Waals surface area contributed by atoms with E-state index in [4.69, 9.17) is 0 Å². The molecular formula is C19H19F3N2O2. The van der Waals surface area contributed by atoms with Crippen LogP contribution in [0.25, 0.3) is 0 Å². The number of hydrogen-bond acceptors (Lipinski definition) is 2. The maximum absolute atomic E-state index is 13.6. The van der Waals surface area contributed by atoms with Crippen LogP contribution in [0.5, 0.6) is 0 Å². The van der Waals surface area contributed by atoms with Crippen LogP contribution in [-0.4, -0.2) is 30.3 Å². The van der Waals surface area contributed by atoms with Gasteiger partial charge in [-0.1, -0.05) is 18.2 Å². The standard InChI is InChI=1S/C19H19F3N2O2/c1-24(12-13-5-2-3-6-16(13)21)18(25)7-4-10-23-19(26)15-9-8-14(20)11-17(15)22/h2-3,5-6,8-9,11H,4,7,10,12H2,1H3,(H,23,26). The van der Waals surface area contributed by atoms with Crippen molar-refractivity contribution in [3.63, 3.8) is 0 Å². The fraction of sp³-hybridized carbons (Fsp3) is 0.263. The van der Waals surface area contributed by atoms with Crippen LogP contribution in [0.3, 0.4) is 0 Å². The maximum atomic E-state index is 13.6. The third kappa shape index (κ3) is 5.34. The zero-order valence-electron chi connectivity index (χ0n) is 14.3. The minimum absolute atomic E-state index is 0.150. The number of rotatable bonds is 7. The molecule has 0 spiro atoms. The summed E-state index contributed by atoms with van der Waals surface area (Å²) in [6.45, 7) is 0.313. The van der Waals surface area contributed by atoms with Crippen molar-refractivity contribution in [2.24, 2.45) is 0 Å². The van der Waals surface area contributed by atoms with E-state index in [-0.39, 0.29) is 36.8 Å². The molecule has 0 aromatic heterocycles. The molecular weight excluding hydrogens is 345 g/mol. The lowest BCUT2D eigenvalue weighted by Gasteiger charge is -2.17. The van der Waals surface area contributed by atoms with Crippen LogP contribution >= 0.6 is 0 Å². The van der Waals surface area contributed by atoms with Crippen molar-refractivity contribution in [2.75, 3.05) is 13.6 Å². The minimum atomic E-state index is -0.941. The molecule has 0 saturated heterocycles. The molecule has 0 bridgehead atoms. The highest BCUT2D eigenvalue weighted by Crippen LogP contribution is 2.11. The molecule has 2 rings (SSSR count). The van der Waals surface area contributed by atoms with E-state index in [1.165, 1.54) is 11.0 Å². The van der Waals surface area contributed by atoms with Gasteiger partial charge in [0.15, 0.2) is 0 Å². The van der Waals surface area contributed by atoms with E-state index in [9.17, 15) is 22.8 Å². The average molecular weight is 364 g/mol. The van der Waals surface area contributed by atoms with Gasteiger partial charge in [0.25, 0.3) is 5.91 Å². The van der Waals surface area contributed by atoms with Gasteiger partial charge in [0.05, 0.1) is 5.56 Å². The molecule has 0 unspecified atom stereocenters. The Labute approximate surface area is 149 Å². The van der Waals surface area contributed by atoms with Gasteiger partial charge < -0.3 is 10.2 Å². The zero-order chi connectivity index (χ0) is 19.1. The third-order valence-electron chi connectivity index (χ3n) is 3.82. The van der Waals surface area contributed by atoms with Gasteiger partial charge >= 0.3 is 0 Å². The number of halogens is 3. The fourth-order valence-electron chi connectivity index (χ4n) is 2.37. The van der Waals surface area contributed by atoms with Crippen LogP contribution in [0, 0.1) is 17.5 Å². The Kier molecular flexibility index (Phi) is 6.77. The monoisotopic (exact) mass is 364 g/mol. The maximum Gasteiger partial charge on any atom is 0.254 e. The van der Waals surface area contributed by atoms with Crippen LogP contribution in [0.1, 0.15) is 28.8 Å². The smallest absolute Gasteiger partial charge is 0.254 e. The molecule has 2 aromatic carbocycles.